The summed E-state index contributed by atoms with van der Waals surface area (Å²) < 4.78 is 2.40. The molecule has 166 valence electrons. The molecule has 3 heterocycles. The van der Waals surface area contributed by atoms with E-state index in [0.717, 1.165) is 45.3 Å². The first-order valence-corrected chi connectivity index (χ1v) is 11.9. The Labute approximate surface area is 185 Å². The van der Waals surface area contributed by atoms with Crippen LogP contribution in [-0.2, 0) is 17.8 Å². The Bertz CT molecular complexity index is 1020. The first-order chi connectivity index (χ1) is 15.0. The van der Waals surface area contributed by atoms with Gasteiger partial charge < -0.3 is 9.47 Å². The Kier molecular flexibility index (Phi) is 6.79. The number of fused-ring (bicyclic) bond motifs is 1. The number of aromatic nitrogens is 3. The minimum atomic E-state index is 0.330. The zero-order valence-corrected chi connectivity index (χ0v) is 19.2. The van der Waals surface area contributed by atoms with Crippen LogP contribution in [0.25, 0.3) is 22.0 Å². The number of carbonyl (C=O) groups is 1. The van der Waals surface area contributed by atoms with Crippen LogP contribution < -0.4 is 0 Å². The fraction of sp³-hybridized carbons (Fsp3) is 0.538. The van der Waals surface area contributed by atoms with E-state index in [2.05, 4.69) is 70.9 Å². The van der Waals surface area contributed by atoms with Gasteiger partial charge in [-0.05, 0) is 61.3 Å². The number of benzene rings is 1. The number of hydrogen-bond donors (Lipinski definition) is 1. The number of hydrogen-bond acceptors (Lipinski definition) is 2. The van der Waals surface area contributed by atoms with Crippen molar-refractivity contribution >= 4 is 16.8 Å². The number of amides is 1. The van der Waals surface area contributed by atoms with Gasteiger partial charge in [0.05, 0.1) is 6.20 Å². The highest BCUT2D eigenvalue weighted by molar-refractivity contribution is 5.86. The van der Waals surface area contributed by atoms with Crippen molar-refractivity contribution in [1.82, 2.24) is 19.7 Å². The van der Waals surface area contributed by atoms with Gasteiger partial charge in [0.15, 0.2) is 0 Å². The Morgan fingerprint density at radius 1 is 1.23 bits per heavy atom. The van der Waals surface area contributed by atoms with Crippen LogP contribution >= 0.6 is 0 Å². The molecule has 0 spiro atoms. The van der Waals surface area contributed by atoms with E-state index in [4.69, 9.17) is 0 Å². The van der Waals surface area contributed by atoms with Crippen LogP contribution in [0.2, 0.25) is 0 Å². The molecule has 31 heavy (non-hydrogen) atoms. The smallest absolute Gasteiger partial charge is 0.222 e. The largest absolute Gasteiger partial charge is 0.347 e. The molecule has 1 saturated heterocycles. The van der Waals surface area contributed by atoms with Crippen molar-refractivity contribution in [1.29, 1.82) is 0 Å². The maximum Gasteiger partial charge on any atom is 0.222 e. The highest BCUT2D eigenvalue weighted by atomic mass is 16.2. The van der Waals surface area contributed by atoms with Crippen LogP contribution in [0.1, 0.15) is 58.6 Å². The SMILES string of the molecule is CCCc1[nH]ncc1-c1ccc2c(ccn2CC2CCCN(C(=O)CC(C)C)CC2)c1. The number of aryl methyl sites for hydroxylation is 1. The molecule has 1 aliphatic heterocycles. The van der Waals surface area contributed by atoms with Gasteiger partial charge >= 0.3 is 0 Å². The summed E-state index contributed by atoms with van der Waals surface area (Å²) in [5.74, 6) is 1.39. The van der Waals surface area contributed by atoms with Crippen molar-refractivity contribution in [3.63, 3.8) is 0 Å². The Morgan fingerprint density at radius 3 is 2.90 bits per heavy atom. The second kappa shape index (κ2) is 9.71. The Balaban J connectivity index is 1.45. The third kappa shape index (κ3) is 5.03. The topological polar surface area (TPSA) is 53.9 Å². The quantitative estimate of drug-likeness (QED) is 0.536. The lowest BCUT2D eigenvalue weighted by Gasteiger charge is -2.22. The minimum Gasteiger partial charge on any atom is -0.347 e. The molecule has 1 atom stereocenters. The lowest BCUT2D eigenvalue weighted by molar-refractivity contribution is -0.131. The first-order valence-electron chi connectivity index (χ1n) is 11.9. The van der Waals surface area contributed by atoms with Gasteiger partial charge in [-0.25, -0.2) is 0 Å². The summed E-state index contributed by atoms with van der Waals surface area (Å²) in [7, 11) is 0. The van der Waals surface area contributed by atoms with E-state index in [1.54, 1.807) is 0 Å². The summed E-state index contributed by atoms with van der Waals surface area (Å²) >= 11 is 0. The van der Waals surface area contributed by atoms with Crippen LogP contribution in [0.4, 0.5) is 0 Å². The zero-order chi connectivity index (χ0) is 21.8. The van der Waals surface area contributed by atoms with Crippen LogP contribution in [0, 0.1) is 11.8 Å². The predicted molar refractivity (Wildman–Crippen MR) is 127 cm³/mol. The molecular weight excluding hydrogens is 384 g/mol. The summed E-state index contributed by atoms with van der Waals surface area (Å²) in [4.78, 5) is 14.6. The van der Waals surface area contributed by atoms with Crippen LogP contribution in [0.3, 0.4) is 0 Å². The standard InChI is InChI=1S/C26H36N4O/c1-4-6-24-23(17-27-28-24)21-8-9-25-22(16-21)11-14-30(25)18-20-7-5-12-29(13-10-20)26(31)15-19(2)3/h8-9,11,14,16-17,19-20H,4-7,10,12-13,15,18H2,1-3H3,(H,27,28). The van der Waals surface area contributed by atoms with Crippen molar-refractivity contribution in [2.75, 3.05) is 13.1 Å². The second-order valence-electron chi connectivity index (χ2n) is 9.53. The molecule has 1 N–H and O–H groups in total. The fourth-order valence-electron chi connectivity index (χ4n) is 4.88. The molecule has 0 bridgehead atoms. The van der Waals surface area contributed by atoms with Gasteiger partial charge in [0.2, 0.25) is 5.91 Å². The van der Waals surface area contributed by atoms with Gasteiger partial charge in [-0.3, -0.25) is 9.89 Å². The van der Waals surface area contributed by atoms with Crippen molar-refractivity contribution in [3.05, 3.63) is 42.4 Å². The molecule has 5 heteroatoms. The molecule has 0 saturated carbocycles. The number of nitrogens with one attached hydrogen (secondary N) is 1. The van der Waals surface area contributed by atoms with Gasteiger partial charge in [0.1, 0.15) is 0 Å². The average Bonchev–Trinajstić information content (AvgIpc) is 3.28. The maximum atomic E-state index is 12.5. The number of aromatic amines is 1. The number of rotatable bonds is 7. The van der Waals surface area contributed by atoms with Crippen molar-refractivity contribution in [2.24, 2.45) is 11.8 Å². The highest BCUT2D eigenvalue weighted by Crippen LogP contribution is 2.29. The zero-order valence-electron chi connectivity index (χ0n) is 19.2. The van der Waals surface area contributed by atoms with Crippen molar-refractivity contribution in [2.45, 2.75) is 65.8 Å². The Morgan fingerprint density at radius 2 is 2.10 bits per heavy atom. The lowest BCUT2D eigenvalue weighted by atomic mass is 10.0. The third-order valence-corrected chi connectivity index (χ3v) is 6.54. The molecule has 5 nitrogen and oxygen atoms in total. The summed E-state index contributed by atoms with van der Waals surface area (Å²) in [6.07, 6.45) is 10.4. The highest BCUT2D eigenvalue weighted by Gasteiger charge is 2.21. The van der Waals surface area contributed by atoms with E-state index >= 15 is 0 Å². The van der Waals surface area contributed by atoms with E-state index in [9.17, 15) is 4.79 Å². The fourth-order valence-corrected chi connectivity index (χ4v) is 4.88. The molecular formula is C26H36N4O. The first kappa shape index (κ1) is 21.7. The molecule has 1 unspecified atom stereocenters. The van der Waals surface area contributed by atoms with Crippen LogP contribution in [0.5, 0.6) is 0 Å². The van der Waals surface area contributed by atoms with Crippen molar-refractivity contribution in [3.8, 4) is 11.1 Å². The van der Waals surface area contributed by atoms with E-state index in [0.29, 0.717) is 24.2 Å². The predicted octanol–water partition coefficient (Wildman–Crippen LogP) is 5.66. The summed E-state index contributed by atoms with van der Waals surface area (Å²) in [6.45, 7) is 9.29. The minimum absolute atomic E-state index is 0.330. The van der Waals surface area contributed by atoms with Gasteiger partial charge in [0, 0.05) is 54.4 Å². The molecule has 0 radical (unpaired) electrons. The second-order valence-corrected chi connectivity index (χ2v) is 9.53. The summed E-state index contributed by atoms with van der Waals surface area (Å²) in [5.41, 5.74) is 4.96. The van der Waals surface area contributed by atoms with Crippen LogP contribution in [0.15, 0.2) is 36.7 Å². The van der Waals surface area contributed by atoms with E-state index < -0.39 is 0 Å². The van der Waals surface area contributed by atoms with E-state index in [1.165, 1.54) is 34.1 Å². The molecule has 1 aromatic carbocycles. The molecule has 4 rings (SSSR count). The van der Waals surface area contributed by atoms with Gasteiger partial charge in [-0.2, -0.15) is 5.10 Å². The average molecular weight is 421 g/mol. The summed E-state index contributed by atoms with van der Waals surface area (Å²) in [5, 5.41) is 8.70. The normalized spacial score (nSPS) is 17.4. The summed E-state index contributed by atoms with van der Waals surface area (Å²) in [6, 6.07) is 8.99. The van der Waals surface area contributed by atoms with Gasteiger partial charge in [0.25, 0.3) is 0 Å². The molecule has 0 aliphatic carbocycles. The van der Waals surface area contributed by atoms with Gasteiger partial charge in [-0.1, -0.05) is 33.3 Å². The maximum absolute atomic E-state index is 12.5. The van der Waals surface area contributed by atoms with Crippen LogP contribution in [-0.4, -0.2) is 38.7 Å². The van der Waals surface area contributed by atoms with Crippen molar-refractivity contribution < 1.29 is 4.79 Å². The molecule has 3 aromatic rings. The number of carbonyl (C=O) groups excluding carboxylic acids is 1. The molecule has 1 fully saturated rings. The van der Waals surface area contributed by atoms with Gasteiger partial charge in [-0.15, -0.1) is 0 Å². The third-order valence-electron chi connectivity index (χ3n) is 6.54. The molecule has 1 aliphatic rings. The van der Waals surface area contributed by atoms with E-state index in [1.807, 2.05) is 6.20 Å². The lowest BCUT2D eigenvalue weighted by Crippen LogP contribution is -2.32. The van der Waals surface area contributed by atoms with E-state index in [-0.39, 0.29) is 0 Å². The number of H-pyrrole nitrogens is 1. The number of nitrogens with zero attached hydrogens (tertiary/aromatic N) is 3. The Hall–Kier alpha value is -2.56. The number of likely N-dealkylation sites (tertiary alicyclic amines) is 1. The monoisotopic (exact) mass is 420 g/mol. The molecule has 2 aromatic heterocycles. The molecule has 1 amide bonds.